The van der Waals surface area contributed by atoms with Crippen LogP contribution in [0.15, 0.2) is 66.7 Å². The van der Waals surface area contributed by atoms with Crippen molar-refractivity contribution < 1.29 is 14.4 Å². The Balaban J connectivity index is 1.75. The molecule has 30 heavy (non-hydrogen) atoms. The Labute approximate surface area is 174 Å². The van der Waals surface area contributed by atoms with Crippen molar-refractivity contribution in [2.24, 2.45) is 0 Å². The third-order valence-electron chi connectivity index (χ3n) is 5.40. The van der Waals surface area contributed by atoms with Crippen LogP contribution in [-0.2, 0) is 20.8 Å². The molecule has 4 rings (SSSR count). The summed E-state index contributed by atoms with van der Waals surface area (Å²) in [4.78, 5) is 39.5. The zero-order valence-corrected chi connectivity index (χ0v) is 16.9. The molecule has 6 heteroatoms. The molecule has 6 nitrogen and oxygen atoms in total. The minimum Gasteiger partial charge on any atom is -0.344 e. The molecule has 0 bridgehead atoms. The summed E-state index contributed by atoms with van der Waals surface area (Å²) in [7, 11) is 0. The molecule has 2 N–H and O–H groups in total. The Morgan fingerprint density at radius 2 is 1.70 bits per heavy atom. The van der Waals surface area contributed by atoms with Gasteiger partial charge in [-0.15, -0.1) is 0 Å². The Bertz CT molecular complexity index is 1130. The molecule has 3 aromatic rings. The Morgan fingerprint density at radius 1 is 1.00 bits per heavy atom. The van der Waals surface area contributed by atoms with Gasteiger partial charge in [0.05, 0.1) is 0 Å². The van der Waals surface area contributed by atoms with E-state index in [1.54, 1.807) is 19.1 Å². The predicted octanol–water partition coefficient (Wildman–Crippen LogP) is 3.26. The Kier molecular flexibility index (Phi) is 5.23. The fourth-order valence-electron chi connectivity index (χ4n) is 3.99. The van der Waals surface area contributed by atoms with Crippen LogP contribution in [-0.4, -0.2) is 29.8 Å². The third kappa shape index (κ3) is 3.64. The van der Waals surface area contributed by atoms with Crippen LogP contribution in [0.25, 0.3) is 10.8 Å². The second-order valence-corrected chi connectivity index (χ2v) is 7.48. The lowest BCUT2D eigenvalue weighted by Gasteiger charge is -2.38. The fourth-order valence-corrected chi connectivity index (χ4v) is 3.99. The smallest absolute Gasteiger partial charge is 0.250 e. The SMILES string of the molecule is CC(=O)N[C@H]1Cc2c(ccc3ccccc23)N([C@@H](C)C(=O)Nc2ccccc2)C1=O. The normalized spacial score (nSPS) is 16.7. The highest BCUT2D eigenvalue weighted by atomic mass is 16.2. The van der Waals surface area contributed by atoms with E-state index in [4.69, 9.17) is 0 Å². The molecule has 3 aromatic carbocycles. The first kappa shape index (κ1) is 19.6. The second-order valence-electron chi connectivity index (χ2n) is 7.48. The number of amides is 3. The average molecular weight is 401 g/mol. The highest BCUT2D eigenvalue weighted by Crippen LogP contribution is 2.35. The van der Waals surface area contributed by atoms with E-state index in [1.165, 1.54) is 11.8 Å². The number of nitrogens with one attached hydrogen (secondary N) is 2. The van der Waals surface area contributed by atoms with Gasteiger partial charge in [0.1, 0.15) is 12.1 Å². The molecule has 0 fully saturated rings. The summed E-state index contributed by atoms with van der Waals surface area (Å²) in [5, 5.41) is 7.67. The largest absolute Gasteiger partial charge is 0.344 e. The first-order valence-corrected chi connectivity index (χ1v) is 9.92. The Hall–Kier alpha value is -3.67. The molecule has 1 aliphatic rings. The molecule has 1 heterocycles. The van der Waals surface area contributed by atoms with Crippen molar-refractivity contribution in [1.82, 2.24) is 5.32 Å². The summed E-state index contributed by atoms with van der Waals surface area (Å²) in [6.45, 7) is 3.09. The molecule has 0 aromatic heterocycles. The minimum absolute atomic E-state index is 0.279. The van der Waals surface area contributed by atoms with E-state index in [0.717, 1.165) is 16.3 Å². The van der Waals surface area contributed by atoms with Gasteiger partial charge in [-0.1, -0.05) is 48.5 Å². The van der Waals surface area contributed by atoms with Gasteiger partial charge in [-0.3, -0.25) is 19.3 Å². The van der Waals surface area contributed by atoms with Crippen LogP contribution in [0.4, 0.5) is 11.4 Å². The highest BCUT2D eigenvalue weighted by molar-refractivity contribution is 6.10. The maximum absolute atomic E-state index is 13.3. The number of hydrogen-bond acceptors (Lipinski definition) is 3. The minimum atomic E-state index is -0.755. The predicted molar refractivity (Wildman–Crippen MR) is 117 cm³/mol. The fraction of sp³-hybridized carbons (Fsp3) is 0.208. The molecular formula is C24H23N3O3. The molecule has 1 aliphatic heterocycles. The van der Waals surface area contributed by atoms with Crippen LogP contribution in [0.3, 0.4) is 0 Å². The van der Waals surface area contributed by atoms with E-state index in [0.29, 0.717) is 17.8 Å². The van der Waals surface area contributed by atoms with Crippen LogP contribution in [0.5, 0.6) is 0 Å². The Morgan fingerprint density at radius 3 is 2.43 bits per heavy atom. The number of fused-ring (bicyclic) bond motifs is 3. The molecule has 0 saturated heterocycles. The maximum Gasteiger partial charge on any atom is 0.250 e. The van der Waals surface area contributed by atoms with Gasteiger partial charge in [0.25, 0.3) is 5.91 Å². The number of hydrogen-bond donors (Lipinski definition) is 2. The van der Waals surface area contributed by atoms with Gasteiger partial charge in [-0.2, -0.15) is 0 Å². The van der Waals surface area contributed by atoms with E-state index in [1.807, 2.05) is 54.6 Å². The summed E-state index contributed by atoms with van der Waals surface area (Å²) in [6, 6.07) is 19.4. The second kappa shape index (κ2) is 7.99. The van der Waals surface area contributed by atoms with E-state index in [-0.39, 0.29) is 17.7 Å². The number of nitrogens with zero attached hydrogens (tertiary/aromatic N) is 1. The topological polar surface area (TPSA) is 78.5 Å². The molecule has 0 spiro atoms. The zero-order valence-electron chi connectivity index (χ0n) is 16.9. The number of anilines is 2. The lowest BCUT2D eigenvalue weighted by molar-refractivity contribution is -0.128. The zero-order chi connectivity index (χ0) is 21.3. The summed E-state index contributed by atoms with van der Waals surface area (Å²) in [6.07, 6.45) is 0.388. The van der Waals surface area contributed by atoms with Crippen molar-refractivity contribution >= 4 is 39.9 Å². The monoisotopic (exact) mass is 401 g/mol. The summed E-state index contributed by atoms with van der Waals surface area (Å²) in [5.41, 5.74) is 2.32. The molecule has 0 saturated carbocycles. The number of carbonyl (C=O) groups excluding carboxylic acids is 3. The van der Waals surface area contributed by atoms with E-state index >= 15 is 0 Å². The summed E-state index contributed by atoms with van der Waals surface area (Å²) < 4.78 is 0. The molecular weight excluding hydrogens is 378 g/mol. The van der Waals surface area contributed by atoms with Crippen molar-refractivity contribution in [3.8, 4) is 0 Å². The van der Waals surface area contributed by atoms with Crippen molar-refractivity contribution in [1.29, 1.82) is 0 Å². The van der Waals surface area contributed by atoms with Crippen LogP contribution in [0.1, 0.15) is 19.4 Å². The summed E-state index contributed by atoms with van der Waals surface area (Å²) >= 11 is 0. The maximum atomic E-state index is 13.3. The van der Waals surface area contributed by atoms with Gasteiger partial charge in [-0.05, 0) is 41.5 Å². The van der Waals surface area contributed by atoms with Crippen molar-refractivity contribution in [2.45, 2.75) is 32.4 Å². The quantitative estimate of drug-likeness (QED) is 0.704. The van der Waals surface area contributed by atoms with Gasteiger partial charge in [0.2, 0.25) is 11.8 Å². The van der Waals surface area contributed by atoms with E-state index in [2.05, 4.69) is 10.6 Å². The standard InChI is InChI=1S/C24H23N3O3/c1-15(23(29)26-18-9-4-3-5-10-18)27-22-13-12-17-8-6-7-11-19(17)20(22)14-21(24(27)30)25-16(2)28/h3-13,15,21H,14H2,1-2H3,(H,25,28)(H,26,29)/t15-,21-/m0/s1. The lowest BCUT2D eigenvalue weighted by Crippen LogP contribution is -2.57. The summed E-state index contributed by atoms with van der Waals surface area (Å²) in [5.74, 6) is -0.862. The molecule has 2 atom stereocenters. The average Bonchev–Trinajstić information content (AvgIpc) is 2.74. The van der Waals surface area contributed by atoms with Gasteiger partial charge in [0, 0.05) is 24.7 Å². The number of rotatable bonds is 4. The number of benzene rings is 3. The van der Waals surface area contributed by atoms with Crippen LogP contribution in [0, 0.1) is 0 Å². The van der Waals surface area contributed by atoms with E-state index < -0.39 is 12.1 Å². The van der Waals surface area contributed by atoms with Crippen molar-refractivity contribution in [2.75, 3.05) is 10.2 Å². The van der Waals surface area contributed by atoms with Gasteiger partial charge >= 0.3 is 0 Å². The van der Waals surface area contributed by atoms with Crippen LogP contribution < -0.4 is 15.5 Å². The first-order chi connectivity index (χ1) is 14.5. The van der Waals surface area contributed by atoms with Gasteiger partial charge < -0.3 is 10.6 Å². The molecule has 0 aliphatic carbocycles. The number of carbonyl (C=O) groups is 3. The molecule has 0 radical (unpaired) electrons. The van der Waals surface area contributed by atoms with Gasteiger partial charge in [-0.25, -0.2) is 0 Å². The first-order valence-electron chi connectivity index (χ1n) is 9.92. The molecule has 3 amide bonds. The van der Waals surface area contributed by atoms with Crippen molar-refractivity contribution in [3.05, 3.63) is 72.3 Å². The van der Waals surface area contributed by atoms with Crippen LogP contribution >= 0.6 is 0 Å². The molecule has 0 unspecified atom stereocenters. The number of para-hydroxylation sites is 1. The molecule has 152 valence electrons. The lowest BCUT2D eigenvalue weighted by atomic mass is 9.91. The van der Waals surface area contributed by atoms with Crippen LogP contribution in [0.2, 0.25) is 0 Å². The highest BCUT2D eigenvalue weighted by Gasteiger charge is 2.38. The van der Waals surface area contributed by atoms with Crippen molar-refractivity contribution in [3.63, 3.8) is 0 Å². The van der Waals surface area contributed by atoms with E-state index in [9.17, 15) is 14.4 Å². The third-order valence-corrected chi connectivity index (χ3v) is 5.40. The van der Waals surface area contributed by atoms with Gasteiger partial charge in [0.15, 0.2) is 0 Å².